The zero-order valence-corrected chi connectivity index (χ0v) is 7.03. The molecule has 0 aliphatic carbocycles. The predicted octanol–water partition coefficient (Wildman–Crippen LogP) is -0.897. The third kappa shape index (κ3) is 0.856. The number of carbonyl (C=O) groups is 1. The summed E-state index contributed by atoms with van der Waals surface area (Å²) in [6, 6.07) is -0.154. The van der Waals surface area contributed by atoms with Gasteiger partial charge in [0.15, 0.2) is 5.78 Å². The standard InChI is InChI=1S/C8H13NO3/c1-9-5-2-3-6(9)8(11,12)7(10)4-5/h5-6,11-12H,2-4H2,1H3/t5-,6+/m1/s1. The number of carbonyl (C=O) groups excluding carboxylic acids is 1. The van der Waals surface area contributed by atoms with E-state index in [0.717, 1.165) is 6.42 Å². The van der Waals surface area contributed by atoms with Crippen LogP contribution in [0, 0.1) is 0 Å². The molecule has 4 heteroatoms. The molecule has 0 aromatic heterocycles. The van der Waals surface area contributed by atoms with E-state index in [9.17, 15) is 15.0 Å². The molecule has 2 bridgehead atoms. The number of fused-ring (bicyclic) bond motifs is 2. The molecular formula is C8H13NO3. The van der Waals surface area contributed by atoms with E-state index in [1.54, 1.807) is 0 Å². The first kappa shape index (κ1) is 8.16. The Balaban J connectivity index is 2.32. The molecule has 2 saturated heterocycles. The van der Waals surface area contributed by atoms with Crippen LogP contribution in [0.1, 0.15) is 19.3 Å². The van der Waals surface area contributed by atoms with E-state index in [4.69, 9.17) is 0 Å². The number of likely N-dealkylation sites (N-methyl/N-ethyl adjacent to an activating group) is 1. The van der Waals surface area contributed by atoms with Crippen LogP contribution in [0.2, 0.25) is 0 Å². The van der Waals surface area contributed by atoms with E-state index >= 15 is 0 Å². The molecule has 0 saturated carbocycles. The molecule has 2 N–H and O–H groups in total. The Hall–Kier alpha value is -0.450. The topological polar surface area (TPSA) is 60.8 Å². The maximum Gasteiger partial charge on any atom is 0.240 e. The number of Topliss-reactive ketones (excluding diaryl/α,β-unsaturated/α-hetero) is 1. The number of aliphatic hydroxyl groups is 2. The summed E-state index contributed by atoms with van der Waals surface area (Å²) in [6.45, 7) is 0. The van der Waals surface area contributed by atoms with Crippen molar-refractivity contribution in [1.29, 1.82) is 0 Å². The summed E-state index contributed by atoms with van der Waals surface area (Å²) < 4.78 is 0. The lowest BCUT2D eigenvalue weighted by molar-refractivity contribution is -0.212. The molecule has 0 aromatic carbocycles. The summed E-state index contributed by atoms with van der Waals surface area (Å²) >= 11 is 0. The van der Waals surface area contributed by atoms with Gasteiger partial charge in [-0.05, 0) is 19.9 Å². The van der Waals surface area contributed by atoms with Gasteiger partial charge in [0.25, 0.3) is 0 Å². The number of ketones is 1. The van der Waals surface area contributed by atoms with Crippen molar-refractivity contribution in [3.8, 4) is 0 Å². The Morgan fingerprint density at radius 3 is 2.83 bits per heavy atom. The summed E-state index contributed by atoms with van der Waals surface area (Å²) in [5.74, 6) is -2.52. The SMILES string of the molecule is CN1[C@@H]2CC[C@H]1C(O)(O)C(=O)C2. The predicted molar refractivity (Wildman–Crippen MR) is 41.4 cm³/mol. The third-order valence-corrected chi connectivity index (χ3v) is 3.14. The summed E-state index contributed by atoms with van der Waals surface area (Å²) in [6.07, 6.45) is 1.88. The summed E-state index contributed by atoms with van der Waals surface area (Å²) in [7, 11) is 1.84. The Morgan fingerprint density at radius 1 is 1.50 bits per heavy atom. The first-order chi connectivity index (χ1) is 5.53. The van der Waals surface area contributed by atoms with Crippen molar-refractivity contribution in [2.45, 2.75) is 37.1 Å². The lowest BCUT2D eigenvalue weighted by atomic mass is 9.95. The number of piperidine rings is 1. The Kier molecular flexibility index (Phi) is 1.55. The Morgan fingerprint density at radius 2 is 2.17 bits per heavy atom. The largest absolute Gasteiger partial charge is 0.358 e. The highest BCUT2D eigenvalue weighted by molar-refractivity contribution is 5.87. The van der Waals surface area contributed by atoms with Gasteiger partial charge in [-0.2, -0.15) is 0 Å². The fourth-order valence-corrected chi connectivity index (χ4v) is 2.29. The lowest BCUT2D eigenvalue weighted by Gasteiger charge is -2.38. The van der Waals surface area contributed by atoms with Gasteiger partial charge in [0.05, 0.1) is 6.04 Å². The monoisotopic (exact) mass is 171 g/mol. The van der Waals surface area contributed by atoms with Gasteiger partial charge < -0.3 is 10.2 Å². The van der Waals surface area contributed by atoms with E-state index in [2.05, 4.69) is 0 Å². The van der Waals surface area contributed by atoms with Gasteiger partial charge in [0, 0.05) is 12.5 Å². The van der Waals surface area contributed by atoms with Crippen molar-refractivity contribution < 1.29 is 15.0 Å². The Bertz CT molecular complexity index is 226. The van der Waals surface area contributed by atoms with Crippen molar-refractivity contribution in [2.75, 3.05) is 7.05 Å². The third-order valence-electron chi connectivity index (χ3n) is 3.14. The molecule has 2 heterocycles. The smallest absolute Gasteiger partial charge is 0.240 e. The van der Waals surface area contributed by atoms with Crippen molar-refractivity contribution in [3.63, 3.8) is 0 Å². The van der Waals surface area contributed by atoms with Gasteiger partial charge >= 0.3 is 0 Å². The van der Waals surface area contributed by atoms with E-state index in [-0.39, 0.29) is 18.5 Å². The van der Waals surface area contributed by atoms with Crippen molar-refractivity contribution in [2.24, 2.45) is 0 Å². The van der Waals surface area contributed by atoms with Gasteiger partial charge in [-0.1, -0.05) is 0 Å². The second-order valence-corrected chi connectivity index (χ2v) is 3.77. The number of nitrogens with zero attached hydrogens (tertiary/aromatic N) is 1. The maximum absolute atomic E-state index is 11.2. The van der Waals surface area contributed by atoms with Gasteiger partial charge in [0.1, 0.15) is 0 Å². The van der Waals surface area contributed by atoms with Gasteiger partial charge in [-0.25, -0.2) is 0 Å². The molecule has 0 radical (unpaired) electrons. The molecule has 0 unspecified atom stereocenters. The van der Waals surface area contributed by atoms with E-state index in [0.29, 0.717) is 6.42 Å². The second-order valence-electron chi connectivity index (χ2n) is 3.77. The summed E-state index contributed by atoms with van der Waals surface area (Å²) in [4.78, 5) is 13.1. The van der Waals surface area contributed by atoms with Crippen molar-refractivity contribution >= 4 is 5.78 Å². The quantitative estimate of drug-likeness (QED) is 0.464. The molecule has 2 fully saturated rings. The van der Waals surface area contributed by atoms with Gasteiger partial charge in [-0.15, -0.1) is 0 Å². The first-order valence-electron chi connectivity index (χ1n) is 4.23. The van der Waals surface area contributed by atoms with Crippen LogP contribution in [0.4, 0.5) is 0 Å². The van der Waals surface area contributed by atoms with Crippen LogP contribution in [0.3, 0.4) is 0 Å². The highest BCUT2D eigenvalue weighted by Gasteiger charge is 2.53. The molecule has 12 heavy (non-hydrogen) atoms. The first-order valence-corrected chi connectivity index (χ1v) is 4.23. The van der Waals surface area contributed by atoms with Crippen LogP contribution in [-0.4, -0.2) is 45.8 Å². The fraction of sp³-hybridized carbons (Fsp3) is 0.875. The van der Waals surface area contributed by atoms with E-state index in [1.165, 1.54) is 0 Å². The van der Waals surface area contributed by atoms with E-state index in [1.807, 2.05) is 11.9 Å². The van der Waals surface area contributed by atoms with Crippen LogP contribution < -0.4 is 0 Å². The summed E-state index contributed by atoms with van der Waals surface area (Å²) in [5, 5.41) is 18.9. The molecule has 2 aliphatic rings. The molecule has 0 amide bonds. The molecule has 2 atom stereocenters. The van der Waals surface area contributed by atoms with Crippen LogP contribution in [-0.2, 0) is 4.79 Å². The number of rotatable bonds is 0. The highest BCUT2D eigenvalue weighted by atomic mass is 16.5. The fourth-order valence-electron chi connectivity index (χ4n) is 2.29. The Labute approximate surface area is 70.8 Å². The maximum atomic E-state index is 11.2. The van der Waals surface area contributed by atoms with Crippen LogP contribution in [0.15, 0.2) is 0 Å². The van der Waals surface area contributed by atoms with Crippen LogP contribution in [0.25, 0.3) is 0 Å². The average Bonchev–Trinajstić information content (AvgIpc) is 2.27. The minimum absolute atomic E-state index is 0.231. The minimum atomic E-state index is -2.10. The average molecular weight is 171 g/mol. The molecule has 2 aliphatic heterocycles. The molecule has 68 valence electrons. The van der Waals surface area contributed by atoms with Crippen molar-refractivity contribution in [1.82, 2.24) is 4.90 Å². The highest BCUT2D eigenvalue weighted by Crippen LogP contribution is 2.36. The molecule has 0 spiro atoms. The number of hydrogen-bond donors (Lipinski definition) is 2. The number of hydrogen-bond acceptors (Lipinski definition) is 4. The molecule has 0 aromatic rings. The zero-order valence-electron chi connectivity index (χ0n) is 7.03. The lowest BCUT2D eigenvalue weighted by Crippen LogP contribution is -2.60. The minimum Gasteiger partial charge on any atom is -0.358 e. The van der Waals surface area contributed by atoms with Gasteiger partial charge in [-0.3, -0.25) is 9.69 Å². The second kappa shape index (κ2) is 2.28. The zero-order chi connectivity index (χ0) is 8.93. The van der Waals surface area contributed by atoms with Crippen molar-refractivity contribution in [3.05, 3.63) is 0 Å². The van der Waals surface area contributed by atoms with Crippen LogP contribution in [0.5, 0.6) is 0 Å². The molecular weight excluding hydrogens is 158 g/mol. The molecule has 2 rings (SSSR count). The van der Waals surface area contributed by atoms with Crippen LogP contribution >= 0.6 is 0 Å². The summed E-state index contributed by atoms with van der Waals surface area (Å²) in [5.41, 5.74) is 0. The van der Waals surface area contributed by atoms with Gasteiger partial charge in [0.2, 0.25) is 5.79 Å². The molecule has 4 nitrogen and oxygen atoms in total. The van der Waals surface area contributed by atoms with E-state index < -0.39 is 11.6 Å². The normalized spacial score (nSPS) is 40.4.